The lowest BCUT2D eigenvalue weighted by atomic mass is 9.90. The molecule has 0 aromatic rings. The molecule has 66 valence electrons. The molecule has 0 aromatic heterocycles. The summed E-state index contributed by atoms with van der Waals surface area (Å²) >= 11 is 0. The van der Waals surface area contributed by atoms with Gasteiger partial charge in [-0.2, -0.15) is 0 Å². The van der Waals surface area contributed by atoms with Gasteiger partial charge in [0.05, 0.1) is 12.9 Å². The summed E-state index contributed by atoms with van der Waals surface area (Å²) < 4.78 is 4.97. The summed E-state index contributed by atoms with van der Waals surface area (Å²) in [5.41, 5.74) is 0.439. The molecule has 0 aliphatic rings. The SMILES string of the molecule is C=C(CCCC(C)(C)C)OC. The van der Waals surface area contributed by atoms with Crippen LogP contribution in [0.1, 0.15) is 40.0 Å². The maximum Gasteiger partial charge on any atom is 0.0883 e. The zero-order chi connectivity index (χ0) is 8.91. The highest BCUT2D eigenvalue weighted by Crippen LogP contribution is 2.22. The van der Waals surface area contributed by atoms with Gasteiger partial charge in [0.15, 0.2) is 0 Å². The summed E-state index contributed by atoms with van der Waals surface area (Å²) in [6.07, 6.45) is 3.40. The van der Waals surface area contributed by atoms with Gasteiger partial charge in [0.25, 0.3) is 0 Å². The van der Waals surface area contributed by atoms with Gasteiger partial charge in [-0.05, 0) is 18.3 Å². The van der Waals surface area contributed by atoms with E-state index in [1.54, 1.807) is 7.11 Å². The largest absolute Gasteiger partial charge is 0.502 e. The van der Waals surface area contributed by atoms with Gasteiger partial charge in [-0.3, -0.25) is 0 Å². The highest BCUT2D eigenvalue weighted by molar-refractivity contribution is 4.81. The fraction of sp³-hybridized carbons (Fsp3) is 0.800. The molecule has 0 amide bonds. The van der Waals surface area contributed by atoms with Crippen molar-refractivity contribution >= 4 is 0 Å². The monoisotopic (exact) mass is 156 g/mol. The molecule has 0 saturated carbocycles. The van der Waals surface area contributed by atoms with Gasteiger partial charge < -0.3 is 4.74 Å². The molecule has 1 nitrogen and oxygen atoms in total. The summed E-state index contributed by atoms with van der Waals surface area (Å²) in [5.74, 6) is 0.897. The van der Waals surface area contributed by atoms with E-state index in [1.807, 2.05) is 0 Å². The van der Waals surface area contributed by atoms with Gasteiger partial charge in [0.2, 0.25) is 0 Å². The summed E-state index contributed by atoms with van der Waals surface area (Å²) in [7, 11) is 1.68. The molecule has 0 spiro atoms. The highest BCUT2D eigenvalue weighted by atomic mass is 16.5. The van der Waals surface area contributed by atoms with E-state index in [-0.39, 0.29) is 0 Å². The minimum Gasteiger partial charge on any atom is -0.502 e. The fourth-order valence-electron chi connectivity index (χ4n) is 0.918. The van der Waals surface area contributed by atoms with Crippen LogP contribution in [0.4, 0.5) is 0 Å². The standard InChI is InChI=1S/C10H20O/c1-9(11-5)7-6-8-10(2,3)4/h1,6-8H2,2-5H3. The van der Waals surface area contributed by atoms with Crippen LogP contribution in [0.15, 0.2) is 12.3 Å². The van der Waals surface area contributed by atoms with Crippen molar-refractivity contribution in [2.45, 2.75) is 40.0 Å². The van der Waals surface area contributed by atoms with Crippen molar-refractivity contribution in [2.75, 3.05) is 7.11 Å². The first-order chi connectivity index (χ1) is 4.95. The first kappa shape index (κ1) is 10.5. The number of hydrogen-bond acceptors (Lipinski definition) is 1. The Morgan fingerprint density at radius 1 is 1.36 bits per heavy atom. The predicted molar refractivity (Wildman–Crippen MR) is 49.5 cm³/mol. The minimum absolute atomic E-state index is 0.439. The molecule has 11 heavy (non-hydrogen) atoms. The molecule has 0 fully saturated rings. The number of methoxy groups -OCH3 is 1. The number of ether oxygens (including phenoxy) is 1. The topological polar surface area (TPSA) is 9.23 Å². The lowest BCUT2D eigenvalue weighted by Gasteiger charge is -2.17. The van der Waals surface area contributed by atoms with Gasteiger partial charge in [0, 0.05) is 6.42 Å². The molecule has 0 radical (unpaired) electrons. The lowest BCUT2D eigenvalue weighted by molar-refractivity contribution is 0.267. The first-order valence-corrected chi connectivity index (χ1v) is 4.17. The second kappa shape index (κ2) is 4.42. The molecule has 0 aromatic carbocycles. The van der Waals surface area contributed by atoms with E-state index in [4.69, 9.17) is 4.74 Å². The molecule has 0 N–H and O–H groups in total. The fourth-order valence-corrected chi connectivity index (χ4v) is 0.918. The van der Waals surface area contributed by atoms with Gasteiger partial charge in [-0.25, -0.2) is 0 Å². The molecule has 0 saturated heterocycles. The van der Waals surface area contributed by atoms with Crippen LogP contribution in [0.25, 0.3) is 0 Å². The van der Waals surface area contributed by atoms with E-state index in [9.17, 15) is 0 Å². The van der Waals surface area contributed by atoms with Crippen molar-refractivity contribution in [2.24, 2.45) is 5.41 Å². The van der Waals surface area contributed by atoms with Gasteiger partial charge in [-0.1, -0.05) is 27.4 Å². The molecular formula is C10H20O. The Kier molecular flexibility index (Phi) is 4.24. The minimum atomic E-state index is 0.439. The van der Waals surface area contributed by atoms with E-state index < -0.39 is 0 Å². The summed E-state index contributed by atoms with van der Waals surface area (Å²) in [5, 5.41) is 0. The second-order valence-electron chi connectivity index (χ2n) is 4.16. The van der Waals surface area contributed by atoms with Crippen molar-refractivity contribution in [1.29, 1.82) is 0 Å². The number of allylic oxidation sites excluding steroid dienone is 1. The molecule has 0 unspecified atom stereocenters. The summed E-state index contributed by atoms with van der Waals surface area (Å²) in [4.78, 5) is 0. The Balaban J connectivity index is 3.35. The predicted octanol–water partition coefficient (Wildman–Crippen LogP) is 3.36. The third-order valence-corrected chi connectivity index (χ3v) is 1.67. The van der Waals surface area contributed by atoms with E-state index in [0.717, 1.165) is 12.2 Å². The molecule has 0 bridgehead atoms. The summed E-state index contributed by atoms with van der Waals surface area (Å²) in [6.45, 7) is 10.5. The van der Waals surface area contributed by atoms with Gasteiger partial charge in [0.1, 0.15) is 0 Å². The Hall–Kier alpha value is -0.460. The molecular weight excluding hydrogens is 136 g/mol. The average molecular weight is 156 g/mol. The molecule has 0 heterocycles. The molecule has 0 atom stereocenters. The van der Waals surface area contributed by atoms with Gasteiger partial charge >= 0.3 is 0 Å². The maximum atomic E-state index is 4.97. The zero-order valence-corrected chi connectivity index (χ0v) is 8.24. The van der Waals surface area contributed by atoms with Crippen LogP contribution in [0.2, 0.25) is 0 Å². The second-order valence-corrected chi connectivity index (χ2v) is 4.16. The number of rotatable bonds is 4. The Morgan fingerprint density at radius 3 is 2.27 bits per heavy atom. The van der Waals surface area contributed by atoms with Crippen LogP contribution in [0.3, 0.4) is 0 Å². The Labute approximate surface area is 70.4 Å². The van der Waals surface area contributed by atoms with Crippen molar-refractivity contribution in [3.8, 4) is 0 Å². The summed E-state index contributed by atoms with van der Waals surface area (Å²) in [6, 6.07) is 0. The van der Waals surface area contributed by atoms with Gasteiger partial charge in [-0.15, -0.1) is 0 Å². The normalized spacial score (nSPS) is 11.3. The van der Waals surface area contributed by atoms with Crippen LogP contribution in [0, 0.1) is 5.41 Å². The van der Waals surface area contributed by atoms with Crippen LogP contribution in [-0.4, -0.2) is 7.11 Å². The van der Waals surface area contributed by atoms with E-state index >= 15 is 0 Å². The third kappa shape index (κ3) is 7.44. The van der Waals surface area contributed by atoms with Crippen LogP contribution < -0.4 is 0 Å². The average Bonchev–Trinajstić information content (AvgIpc) is 1.85. The molecule has 0 aliphatic heterocycles. The zero-order valence-electron chi connectivity index (χ0n) is 8.24. The van der Waals surface area contributed by atoms with Crippen molar-refractivity contribution in [3.05, 3.63) is 12.3 Å². The molecule has 1 heteroatoms. The Morgan fingerprint density at radius 2 is 1.91 bits per heavy atom. The van der Waals surface area contributed by atoms with E-state index in [0.29, 0.717) is 5.41 Å². The quantitative estimate of drug-likeness (QED) is 0.567. The lowest BCUT2D eigenvalue weighted by Crippen LogP contribution is -2.04. The van der Waals surface area contributed by atoms with Crippen LogP contribution in [-0.2, 0) is 4.74 Å². The first-order valence-electron chi connectivity index (χ1n) is 4.17. The van der Waals surface area contributed by atoms with E-state index in [1.165, 1.54) is 12.8 Å². The Bertz CT molecular complexity index is 119. The van der Waals surface area contributed by atoms with Crippen molar-refractivity contribution in [1.82, 2.24) is 0 Å². The highest BCUT2D eigenvalue weighted by Gasteiger charge is 2.09. The van der Waals surface area contributed by atoms with Crippen molar-refractivity contribution in [3.63, 3.8) is 0 Å². The number of hydrogen-bond donors (Lipinski definition) is 0. The third-order valence-electron chi connectivity index (χ3n) is 1.67. The van der Waals surface area contributed by atoms with E-state index in [2.05, 4.69) is 27.4 Å². The smallest absolute Gasteiger partial charge is 0.0883 e. The van der Waals surface area contributed by atoms with Crippen molar-refractivity contribution < 1.29 is 4.74 Å². The molecule has 0 rings (SSSR count). The molecule has 0 aliphatic carbocycles. The van der Waals surface area contributed by atoms with Crippen LogP contribution in [0.5, 0.6) is 0 Å². The van der Waals surface area contributed by atoms with Crippen LogP contribution >= 0.6 is 0 Å². The maximum absolute atomic E-state index is 4.97.